The average molecular weight is 457 g/mol. The fourth-order valence-electron chi connectivity index (χ4n) is 4.50. The number of hydrogen-bond acceptors (Lipinski definition) is 6. The third-order valence-corrected chi connectivity index (χ3v) is 6.12. The summed E-state index contributed by atoms with van der Waals surface area (Å²) in [6.45, 7) is 4.87. The molecule has 2 fully saturated rings. The molecule has 0 spiro atoms. The Balaban J connectivity index is 1.34. The van der Waals surface area contributed by atoms with Gasteiger partial charge < -0.3 is 25.0 Å². The van der Waals surface area contributed by atoms with Crippen LogP contribution in [0.3, 0.4) is 0 Å². The van der Waals surface area contributed by atoms with E-state index in [2.05, 4.69) is 16.5 Å². The van der Waals surface area contributed by atoms with Gasteiger partial charge in [-0.05, 0) is 61.0 Å². The van der Waals surface area contributed by atoms with Crippen molar-refractivity contribution in [2.75, 3.05) is 18.0 Å². The van der Waals surface area contributed by atoms with Gasteiger partial charge in [-0.2, -0.15) is 4.98 Å². The third-order valence-electron chi connectivity index (χ3n) is 6.12. The number of amides is 2. The van der Waals surface area contributed by atoms with Crippen molar-refractivity contribution in [1.29, 1.82) is 0 Å². The molecule has 2 unspecified atom stereocenters. The van der Waals surface area contributed by atoms with E-state index in [-0.39, 0.29) is 29.4 Å². The molecule has 2 saturated heterocycles. The van der Waals surface area contributed by atoms with Crippen LogP contribution in [0, 0.1) is 0 Å². The highest BCUT2D eigenvalue weighted by molar-refractivity contribution is 5.95. The summed E-state index contributed by atoms with van der Waals surface area (Å²) in [5.74, 6) is 2.04. The van der Waals surface area contributed by atoms with Crippen molar-refractivity contribution >= 4 is 17.6 Å². The Labute approximate surface area is 197 Å². The zero-order valence-electron chi connectivity index (χ0n) is 18.5. The lowest BCUT2D eigenvalue weighted by molar-refractivity contribution is -0.127. The molecule has 2 atom stereocenters. The predicted octanol–water partition coefficient (Wildman–Crippen LogP) is 3.74. The number of para-hydroxylation sites is 1. The summed E-state index contributed by atoms with van der Waals surface area (Å²) in [6.07, 6.45) is 2.23. The van der Waals surface area contributed by atoms with E-state index >= 15 is 0 Å². The van der Waals surface area contributed by atoms with Gasteiger partial charge in [-0.1, -0.05) is 24.8 Å². The number of aromatic nitrogens is 1. The minimum atomic E-state index is -0.622. The van der Waals surface area contributed by atoms with Crippen molar-refractivity contribution in [2.24, 2.45) is 5.73 Å². The van der Waals surface area contributed by atoms with E-state index < -0.39 is 5.91 Å². The van der Waals surface area contributed by atoms with Crippen molar-refractivity contribution in [1.82, 2.24) is 9.88 Å². The number of anilines is 1. The zero-order chi connectivity index (χ0) is 23.7. The second kappa shape index (κ2) is 8.90. The number of piperazine rings is 1. The number of hydrogen-bond donors (Lipinski definition) is 1. The lowest BCUT2D eigenvalue weighted by Gasteiger charge is -2.34. The molecule has 172 valence electrons. The summed E-state index contributed by atoms with van der Waals surface area (Å²) in [4.78, 5) is 32.7. The van der Waals surface area contributed by atoms with E-state index in [1.54, 1.807) is 36.4 Å². The average Bonchev–Trinajstić information content (AvgIpc) is 3.47. The van der Waals surface area contributed by atoms with Crippen LogP contribution >= 0.6 is 0 Å². The lowest BCUT2D eigenvalue weighted by Crippen LogP contribution is -2.48. The Morgan fingerprint density at radius 2 is 1.59 bits per heavy atom. The predicted molar refractivity (Wildman–Crippen MR) is 127 cm³/mol. The van der Waals surface area contributed by atoms with Crippen LogP contribution in [0.4, 0.5) is 5.82 Å². The zero-order valence-corrected chi connectivity index (χ0v) is 18.5. The maximum atomic E-state index is 12.0. The van der Waals surface area contributed by atoms with Crippen molar-refractivity contribution < 1.29 is 19.1 Å². The van der Waals surface area contributed by atoms with Crippen LogP contribution < -0.4 is 20.1 Å². The highest BCUT2D eigenvalue weighted by atomic mass is 16.5. The number of fused-ring (bicyclic) bond motifs is 2. The summed E-state index contributed by atoms with van der Waals surface area (Å²) in [6, 6.07) is 20.2. The topological polar surface area (TPSA) is 98.0 Å². The molecule has 1 aromatic heterocycles. The maximum absolute atomic E-state index is 12.0. The maximum Gasteiger partial charge on any atom is 0.254 e. The van der Waals surface area contributed by atoms with Crippen LogP contribution in [0.25, 0.3) is 0 Å². The first-order valence-corrected chi connectivity index (χ1v) is 11.0. The summed E-state index contributed by atoms with van der Waals surface area (Å²) in [5, 5.41) is 0. The summed E-state index contributed by atoms with van der Waals surface area (Å²) >= 11 is 0. The van der Waals surface area contributed by atoms with Crippen LogP contribution in [0.2, 0.25) is 0 Å². The number of ether oxygens (including phenoxy) is 2. The van der Waals surface area contributed by atoms with Crippen LogP contribution in [-0.2, 0) is 4.79 Å². The van der Waals surface area contributed by atoms with Crippen LogP contribution in [0.5, 0.6) is 23.1 Å². The number of nitrogens with zero attached hydrogens (tertiary/aromatic N) is 3. The van der Waals surface area contributed by atoms with E-state index in [9.17, 15) is 9.59 Å². The Kier molecular flexibility index (Phi) is 5.63. The molecule has 8 nitrogen and oxygen atoms in total. The molecule has 2 bridgehead atoms. The molecule has 2 N–H and O–H groups in total. The van der Waals surface area contributed by atoms with Gasteiger partial charge in [-0.25, -0.2) is 0 Å². The Morgan fingerprint density at radius 1 is 0.912 bits per heavy atom. The molecule has 2 aromatic carbocycles. The molecule has 0 saturated carbocycles. The first kappa shape index (κ1) is 21.5. The van der Waals surface area contributed by atoms with Crippen LogP contribution in [-0.4, -0.2) is 46.9 Å². The van der Waals surface area contributed by atoms with Gasteiger partial charge in [0, 0.05) is 13.1 Å². The van der Waals surface area contributed by atoms with Crippen LogP contribution in [0.15, 0.2) is 79.4 Å². The number of carbonyl (C=O) groups is 2. The molecule has 5 rings (SSSR count). The Bertz CT molecular complexity index is 1230. The van der Waals surface area contributed by atoms with Gasteiger partial charge >= 0.3 is 0 Å². The Morgan fingerprint density at radius 3 is 2.21 bits per heavy atom. The van der Waals surface area contributed by atoms with Gasteiger partial charge in [0.1, 0.15) is 28.6 Å². The Hall–Kier alpha value is -4.33. The first-order chi connectivity index (χ1) is 16.5. The third kappa shape index (κ3) is 4.17. The smallest absolute Gasteiger partial charge is 0.254 e. The number of benzene rings is 2. The first-order valence-electron chi connectivity index (χ1n) is 11.0. The quantitative estimate of drug-likeness (QED) is 0.544. The standard InChI is InChI=1S/C26H24N4O4/c1-2-24(31)30-16-17-14-18(30)15-29(17)23-13-12-22(25(27)32)26(28-23)34-21-10-8-20(9-11-21)33-19-6-4-3-5-7-19/h2-13,17-18H,1,14-16H2,(H2,27,32). The minimum Gasteiger partial charge on any atom is -0.457 e. The van der Waals surface area contributed by atoms with Gasteiger partial charge in [0.2, 0.25) is 11.8 Å². The van der Waals surface area contributed by atoms with E-state index in [1.807, 2.05) is 35.2 Å². The molecule has 3 heterocycles. The molecular weight excluding hydrogens is 432 g/mol. The fourth-order valence-corrected chi connectivity index (χ4v) is 4.50. The minimum absolute atomic E-state index is 0.0482. The van der Waals surface area contributed by atoms with Gasteiger partial charge in [-0.3, -0.25) is 9.59 Å². The molecule has 0 aliphatic carbocycles. The van der Waals surface area contributed by atoms with E-state index in [0.29, 0.717) is 30.4 Å². The molecular formula is C26H24N4O4. The molecule has 2 aliphatic heterocycles. The van der Waals surface area contributed by atoms with Gasteiger partial charge in [0.15, 0.2) is 0 Å². The number of pyridine rings is 1. The molecule has 34 heavy (non-hydrogen) atoms. The number of likely N-dealkylation sites (tertiary alicyclic amines) is 1. The lowest BCUT2D eigenvalue weighted by atomic mass is 10.2. The monoisotopic (exact) mass is 456 g/mol. The van der Waals surface area contributed by atoms with Gasteiger partial charge in [0.05, 0.1) is 12.1 Å². The van der Waals surface area contributed by atoms with E-state index in [4.69, 9.17) is 15.2 Å². The summed E-state index contributed by atoms with van der Waals surface area (Å²) in [5.41, 5.74) is 5.76. The molecule has 0 radical (unpaired) electrons. The van der Waals surface area contributed by atoms with Crippen molar-refractivity contribution in [3.8, 4) is 23.1 Å². The summed E-state index contributed by atoms with van der Waals surface area (Å²) in [7, 11) is 0. The summed E-state index contributed by atoms with van der Waals surface area (Å²) < 4.78 is 11.8. The van der Waals surface area contributed by atoms with Crippen LogP contribution in [0.1, 0.15) is 16.8 Å². The second-order valence-electron chi connectivity index (χ2n) is 8.27. The molecule has 3 aromatic rings. The molecule has 2 amide bonds. The molecule has 8 heteroatoms. The number of primary amides is 1. The van der Waals surface area contributed by atoms with E-state index in [1.165, 1.54) is 6.08 Å². The van der Waals surface area contributed by atoms with Gasteiger partial charge in [-0.15, -0.1) is 0 Å². The largest absolute Gasteiger partial charge is 0.457 e. The fraction of sp³-hybridized carbons (Fsp3) is 0.192. The second-order valence-corrected chi connectivity index (χ2v) is 8.27. The van der Waals surface area contributed by atoms with Crippen molar-refractivity contribution in [3.63, 3.8) is 0 Å². The highest BCUT2D eigenvalue weighted by Crippen LogP contribution is 2.36. The van der Waals surface area contributed by atoms with Crippen molar-refractivity contribution in [2.45, 2.75) is 18.5 Å². The van der Waals surface area contributed by atoms with Crippen molar-refractivity contribution in [3.05, 3.63) is 84.9 Å². The molecule has 2 aliphatic rings. The number of rotatable bonds is 7. The SMILES string of the molecule is C=CC(=O)N1CC2CC1CN2c1ccc(C(N)=O)c(Oc2ccc(Oc3ccccc3)cc2)n1. The highest BCUT2D eigenvalue weighted by Gasteiger charge is 2.45. The normalized spacial score (nSPS) is 18.6. The van der Waals surface area contributed by atoms with E-state index in [0.717, 1.165) is 12.2 Å². The number of carbonyl (C=O) groups excluding carboxylic acids is 2. The number of nitrogens with two attached hydrogens (primary N) is 1. The van der Waals surface area contributed by atoms with Gasteiger partial charge in [0.25, 0.3) is 5.91 Å².